The summed E-state index contributed by atoms with van der Waals surface area (Å²) in [6, 6.07) is 7.62. The van der Waals surface area contributed by atoms with Crippen LogP contribution in [0.2, 0.25) is 0 Å². The van der Waals surface area contributed by atoms with Gasteiger partial charge in [-0.1, -0.05) is 19.9 Å². The topological polar surface area (TPSA) is 29.9 Å². The van der Waals surface area contributed by atoms with Gasteiger partial charge < -0.3 is 5.32 Å². The third-order valence-electron chi connectivity index (χ3n) is 3.04. The molecule has 0 saturated carbocycles. The SMILES string of the molecule is CCn1nccc1-c1ccc(CNC(C)C)cc1F. The standard InChI is InChI=1S/C15H20FN3/c1-4-19-15(7-8-18-19)13-6-5-12(9-14(13)16)10-17-11(2)3/h5-9,11,17H,4,10H2,1-3H3. The molecular weight excluding hydrogens is 241 g/mol. The van der Waals surface area contributed by atoms with Gasteiger partial charge in [0.1, 0.15) is 5.82 Å². The smallest absolute Gasteiger partial charge is 0.132 e. The lowest BCUT2D eigenvalue weighted by Crippen LogP contribution is -2.21. The third kappa shape index (κ3) is 3.20. The molecule has 4 heteroatoms. The molecule has 1 aromatic heterocycles. The van der Waals surface area contributed by atoms with Gasteiger partial charge in [-0.25, -0.2) is 4.39 Å². The van der Waals surface area contributed by atoms with Crippen LogP contribution in [0.3, 0.4) is 0 Å². The summed E-state index contributed by atoms with van der Waals surface area (Å²) >= 11 is 0. The maximum atomic E-state index is 14.2. The van der Waals surface area contributed by atoms with Gasteiger partial charge in [0.2, 0.25) is 0 Å². The molecule has 0 unspecified atom stereocenters. The van der Waals surface area contributed by atoms with Gasteiger partial charge >= 0.3 is 0 Å². The van der Waals surface area contributed by atoms with Gasteiger partial charge in [0, 0.05) is 30.9 Å². The van der Waals surface area contributed by atoms with Crippen molar-refractivity contribution < 1.29 is 4.39 Å². The Bertz CT molecular complexity index is 546. The van der Waals surface area contributed by atoms with Crippen LogP contribution in [0.15, 0.2) is 30.5 Å². The molecule has 0 atom stereocenters. The number of benzene rings is 1. The van der Waals surface area contributed by atoms with Crippen molar-refractivity contribution in [3.8, 4) is 11.3 Å². The molecule has 2 aromatic rings. The van der Waals surface area contributed by atoms with Crippen LogP contribution in [0.4, 0.5) is 4.39 Å². The van der Waals surface area contributed by atoms with Crippen molar-refractivity contribution in [3.63, 3.8) is 0 Å². The van der Waals surface area contributed by atoms with Gasteiger partial charge in [-0.15, -0.1) is 0 Å². The van der Waals surface area contributed by atoms with E-state index in [-0.39, 0.29) is 5.82 Å². The predicted octanol–water partition coefficient (Wildman–Crippen LogP) is 3.21. The first kappa shape index (κ1) is 13.7. The molecule has 0 radical (unpaired) electrons. The Hall–Kier alpha value is -1.68. The Morgan fingerprint density at radius 1 is 1.32 bits per heavy atom. The average molecular weight is 261 g/mol. The monoisotopic (exact) mass is 261 g/mol. The molecule has 102 valence electrons. The summed E-state index contributed by atoms with van der Waals surface area (Å²) in [6.45, 7) is 7.56. The first-order valence-corrected chi connectivity index (χ1v) is 6.65. The number of rotatable bonds is 5. The van der Waals surface area contributed by atoms with Gasteiger partial charge in [-0.2, -0.15) is 5.10 Å². The van der Waals surface area contributed by atoms with Crippen LogP contribution < -0.4 is 5.32 Å². The van der Waals surface area contributed by atoms with Crippen LogP contribution in [0.25, 0.3) is 11.3 Å². The number of aryl methyl sites for hydroxylation is 1. The Kier molecular flexibility index (Phi) is 4.32. The highest BCUT2D eigenvalue weighted by Gasteiger charge is 2.10. The zero-order valence-corrected chi connectivity index (χ0v) is 11.7. The lowest BCUT2D eigenvalue weighted by molar-refractivity contribution is 0.581. The molecule has 3 nitrogen and oxygen atoms in total. The van der Waals surface area contributed by atoms with E-state index in [2.05, 4.69) is 24.3 Å². The largest absolute Gasteiger partial charge is 0.310 e. The van der Waals surface area contributed by atoms with Crippen molar-refractivity contribution in [2.45, 2.75) is 39.9 Å². The second-order valence-corrected chi connectivity index (χ2v) is 4.88. The maximum Gasteiger partial charge on any atom is 0.132 e. The lowest BCUT2D eigenvalue weighted by Gasteiger charge is -2.10. The summed E-state index contributed by atoms with van der Waals surface area (Å²) in [7, 11) is 0. The highest BCUT2D eigenvalue weighted by atomic mass is 19.1. The molecule has 0 aliphatic carbocycles. The van der Waals surface area contributed by atoms with E-state index in [1.165, 1.54) is 0 Å². The number of aromatic nitrogens is 2. The minimum atomic E-state index is -0.196. The average Bonchev–Trinajstić information content (AvgIpc) is 2.84. The molecule has 1 heterocycles. The maximum absolute atomic E-state index is 14.2. The summed E-state index contributed by atoms with van der Waals surface area (Å²) in [5.41, 5.74) is 2.38. The molecule has 0 fully saturated rings. The number of nitrogens with one attached hydrogen (secondary N) is 1. The fraction of sp³-hybridized carbons (Fsp3) is 0.400. The van der Waals surface area contributed by atoms with Gasteiger partial charge in [-0.3, -0.25) is 4.68 Å². The number of nitrogens with zero attached hydrogens (tertiary/aromatic N) is 2. The van der Waals surface area contributed by atoms with E-state index in [1.54, 1.807) is 16.9 Å². The summed E-state index contributed by atoms with van der Waals surface area (Å²) in [5.74, 6) is -0.196. The number of halogens is 1. The molecule has 0 aliphatic heterocycles. The minimum absolute atomic E-state index is 0.196. The molecule has 0 saturated heterocycles. The molecule has 0 bridgehead atoms. The second kappa shape index (κ2) is 5.97. The van der Waals surface area contributed by atoms with Crippen LogP contribution in [0.1, 0.15) is 26.3 Å². The normalized spacial score (nSPS) is 11.2. The number of hydrogen-bond acceptors (Lipinski definition) is 2. The quantitative estimate of drug-likeness (QED) is 0.895. The van der Waals surface area contributed by atoms with E-state index < -0.39 is 0 Å². The Morgan fingerprint density at radius 3 is 2.74 bits per heavy atom. The van der Waals surface area contributed by atoms with Crippen LogP contribution in [0, 0.1) is 5.82 Å². The van der Waals surface area contributed by atoms with E-state index in [0.717, 1.165) is 17.8 Å². The van der Waals surface area contributed by atoms with E-state index in [4.69, 9.17) is 0 Å². The summed E-state index contributed by atoms with van der Waals surface area (Å²) in [4.78, 5) is 0. The molecule has 2 rings (SSSR count). The molecule has 1 aromatic carbocycles. The Balaban J connectivity index is 2.24. The summed E-state index contributed by atoms with van der Waals surface area (Å²) in [6.07, 6.45) is 1.70. The zero-order chi connectivity index (χ0) is 13.8. The third-order valence-corrected chi connectivity index (χ3v) is 3.04. The van der Waals surface area contributed by atoms with Gasteiger partial charge in [0.15, 0.2) is 0 Å². The zero-order valence-electron chi connectivity index (χ0n) is 11.7. The first-order valence-electron chi connectivity index (χ1n) is 6.65. The van der Waals surface area contributed by atoms with Crippen LogP contribution in [-0.4, -0.2) is 15.8 Å². The van der Waals surface area contributed by atoms with Crippen molar-refractivity contribution >= 4 is 0 Å². The minimum Gasteiger partial charge on any atom is -0.310 e. The molecular formula is C15H20FN3. The molecule has 0 spiro atoms. The molecule has 19 heavy (non-hydrogen) atoms. The highest BCUT2D eigenvalue weighted by Crippen LogP contribution is 2.23. The molecule has 1 N–H and O–H groups in total. The second-order valence-electron chi connectivity index (χ2n) is 4.88. The van der Waals surface area contributed by atoms with Crippen molar-refractivity contribution in [2.24, 2.45) is 0 Å². The van der Waals surface area contributed by atoms with Crippen LogP contribution in [-0.2, 0) is 13.1 Å². The Morgan fingerprint density at radius 2 is 2.11 bits per heavy atom. The van der Waals surface area contributed by atoms with E-state index >= 15 is 0 Å². The van der Waals surface area contributed by atoms with Crippen molar-refractivity contribution in [1.29, 1.82) is 0 Å². The first-order chi connectivity index (χ1) is 9.11. The van der Waals surface area contributed by atoms with Crippen molar-refractivity contribution in [2.75, 3.05) is 0 Å². The Labute approximate surface area is 113 Å². The van der Waals surface area contributed by atoms with Gasteiger partial charge in [-0.05, 0) is 30.7 Å². The van der Waals surface area contributed by atoms with Crippen molar-refractivity contribution in [1.82, 2.24) is 15.1 Å². The van der Waals surface area contributed by atoms with Crippen LogP contribution >= 0.6 is 0 Å². The molecule has 0 amide bonds. The summed E-state index contributed by atoms with van der Waals surface area (Å²) < 4.78 is 16.0. The van der Waals surface area contributed by atoms with Crippen LogP contribution in [0.5, 0.6) is 0 Å². The van der Waals surface area contributed by atoms with E-state index in [1.807, 2.05) is 25.1 Å². The predicted molar refractivity (Wildman–Crippen MR) is 75.3 cm³/mol. The fourth-order valence-electron chi connectivity index (χ4n) is 2.01. The summed E-state index contributed by atoms with van der Waals surface area (Å²) in [5, 5.41) is 7.45. The van der Waals surface area contributed by atoms with Gasteiger partial charge in [0.25, 0.3) is 0 Å². The van der Waals surface area contributed by atoms with Crippen molar-refractivity contribution in [3.05, 3.63) is 41.8 Å². The van der Waals surface area contributed by atoms with E-state index in [0.29, 0.717) is 18.2 Å². The lowest BCUT2D eigenvalue weighted by atomic mass is 10.1. The van der Waals surface area contributed by atoms with E-state index in [9.17, 15) is 4.39 Å². The molecule has 0 aliphatic rings. The highest BCUT2D eigenvalue weighted by molar-refractivity contribution is 5.60. The number of hydrogen-bond donors (Lipinski definition) is 1. The fourth-order valence-corrected chi connectivity index (χ4v) is 2.01. The van der Waals surface area contributed by atoms with Gasteiger partial charge in [0.05, 0.1) is 5.69 Å².